The average molecular weight is 936 g/mol. The van der Waals surface area contributed by atoms with Crippen LogP contribution >= 0.6 is 0 Å². The Labute approximate surface area is 414 Å². The lowest BCUT2D eigenvalue weighted by atomic mass is 10.1. The van der Waals surface area contributed by atoms with Gasteiger partial charge in [0.2, 0.25) is 0 Å². The normalized spacial score (nSPS) is 12.6. The van der Waals surface area contributed by atoms with Crippen molar-refractivity contribution in [2.75, 3.05) is 13.2 Å². The van der Waals surface area contributed by atoms with Crippen LogP contribution in [0.5, 0.6) is 0 Å². The molecule has 0 aliphatic rings. The van der Waals surface area contributed by atoms with Gasteiger partial charge in [-0.1, -0.05) is 229 Å². The topological polar surface area (TPSA) is 78.9 Å². The van der Waals surface area contributed by atoms with Gasteiger partial charge in [0.1, 0.15) is 13.2 Å². The van der Waals surface area contributed by atoms with Gasteiger partial charge in [-0.05, 0) is 103 Å². The first kappa shape index (κ1) is 63.8. The van der Waals surface area contributed by atoms with E-state index in [4.69, 9.17) is 14.2 Å². The van der Waals surface area contributed by atoms with Gasteiger partial charge in [0.25, 0.3) is 0 Å². The lowest BCUT2D eigenvalue weighted by Crippen LogP contribution is -2.30. The van der Waals surface area contributed by atoms with Crippen LogP contribution in [-0.4, -0.2) is 37.2 Å². The van der Waals surface area contributed by atoms with E-state index in [2.05, 4.69) is 93.7 Å². The van der Waals surface area contributed by atoms with Crippen molar-refractivity contribution >= 4 is 17.9 Å². The van der Waals surface area contributed by atoms with Crippen molar-refractivity contribution in [1.29, 1.82) is 0 Å². The van der Waals surface area contributed by atoms with Crippen LogP contribution < -0.4 is 0 Å². The molecule has 0 aliphatic heterocycles. The van der Waals surface area contributed by atoms with Crippen molar-refractivity contribution in [3.8, 4) is 0 Å². The first-order chi connectivity index (χ1) is 33.0. The molecule has 0 fully saturated rings. The van der Waals surface area contributed by atoms with E-state index in [0.29, 0.717) is 19.3 Å². The predicted octanol–water partition coefficient (Wildman–Crippen LogP) is 19.0. The van der Waals surface area contributed by atoms with E-state index in [9.17, 15) is 14.4 Å². The monoisotopic (exact) mass is 935 g/mol. The number of esters is 3. The smallest absolute Gasteiger partial charge is 0.306 e. The Morgan fingerprint density at radius 2 is 0.627 bits per heavy atom. The lowest BCUT2D eigenvalue weighted by Gasteiger charge is -2.18. The summed E-state index contributed by atoms with van der Waals surface area (Å²) in [5.74, 6) is -0.914. The van der Waals surface area contributed by atoms with Crippen molar-refractivity contribution in [2.45, 2.75) is 284 Å². The summed E-state index contributed by atoms with van der Waals surface area (Å²) in [5.41, 5.74) is 0. The second-order valence-corrected chi connectivity index (χ2v) is 18.8. The largest absolute Gasteiger partial charge is 0.462 e. The molecule has 6 heteroatoms. The van der Waals surface area contributed by atoms with Gasteiger partial charge in [-0.25, -0.2) is 0 Å². The van der Waals surface area contributed by atoms with Crippen molar-refractivity contribution < 1.29 is 28.6 Å². The highest BCUT2D eigenvalue weighted by atomic mass is 16.6. The highest BCUT2D eigenvalue weighted by Gasteiger charge is 2.19. The average Bonchev–Trinajstić information content (AvgIpc) is 3.33. The number of allylic oxidation sites excluding steroid dienone is 12. The third-order valence-electron chi connectivity index (χ3n) is 12.2. The number of hydrogen-bond donors (Lipinski definition) is 0. The van der Waals surface area contributed by atoms with Gasteiger partial charge in [0.05, 0.1) is 0 Å². The molecule has 67 heavy (non-hydrogen) atoms. The first-order valence-electron chi connectivity index (χ1n) is 28.5. The fourth-order valence-electron chi connectivity index (χ4n) is 7.91. The standard InChI is InChI=1S/C61H106O6/c1-4-7-10-13-16-19-22-25-28-30-31-34-36-39-42-45-48-51-54-60(63)66-57-58(56-65-59(62)53-50-47-44-41-38-35-32-27-24-21-18-15-12-9-6-3)67-61(64)55-52-49-46-43-40-37-33-29-26-23-20-17-14-11-8-5-2/h8,11,17-18,20-21,24,26-27,29,31,34,58H,4-7,9-10,12-16,19,22-23,25,28,30,32-33,35-57H2,1-3H3/b11-8-,20-17-,21-18-,27-24-,29-26-,34-31-. The van der Waals surface area contributed by atoms with E-state index >= 15 is 0 Å². The van der Waals surface area contributed by atoms with E-state index in [1.807, 2.05) is 0 Å². The fourth-order valence-corrected chi connectivity index (χ4v) is 7.91. The van der Waals surface area contributed by atoms with E-state index in [1.165, 1.54) is 135 Å². The van der Waals surface area contributed by atoms with Crippen LogP contribution in [0.25, 0.3) is 0 Å². The maximum atomic E-state index is 12.8. The molecule has 386 valence electrons. The highest BCUT2D eigenvalue weighted by Crippen LogP contribution is 2.15. The molecule has 0 amide bonds. The van der Waals surface area contributed by atoms with Crippen LogP contribution in [0.15, 0.2) is 72.9 Å². The Bertz CT molecular complexity index is 1260. The zero-order valence-electron chi connectivity index (χ0n) is 44.2. The van der Waals surface area contributed by atoms with Crippen LogP contribution in [0, 0.1) is 0 Å². The molecule has 6 nitrogen and oxygen atoms in total. The molecule has 0 aliphatic carbocycles. The molecular weight excluding hydrogens is 829 g/mol. The number of hydrogen-bond acceptors (Lipinski definition) is 6. The fraction of sp³-hybridized carbons (Fsp3) is 0.754. The molecule has 0 N–H and O–H groups in total. The maximum Gasteiger partial charge on any atom is 0.306 e. The van der Waals surface area contributed by atoms with Crippen LogP contribution in [-0.2, 0) is 28.6 Å². The van der Waals surface area contributed by atoms with Crippen molar-refractivity contribution in [2.24, 2.45) is 0 Å². The van der Waals surface area contributed by atoms with Gasteiger partial charge < -0.3 is 14.2 Å². The Morgan fingerprint density at radius 1 is 0.328 bits per heavy atom. The highest BCUT2D eigenvalue weighted by molar-refractivity contribution is 5.71. The molecule has 0 aromatic carbocycles. The molecule has 0 spiro atoms. The van der Waals surface area contributed by atoms with Gasteiger partial charge in [-0.2, -0.15) is 0 Å². The number of ether oxygens (including phenoxy) is 3. The molecule has 0 aromatic heterocycles. The summed E-state index contributed by atoms with van der Waals surface area (Å²) in [6, 6.07) is 0. The number of carbonyl (C=O) groups excluding carboxylic acids is 3. The van der Waals surface area contributed by atoms with Gasteiger partial charge >= 0.3 is 17.9 Å². The third kappa shape index (κ3) is 53.7. The maximum absolute atomic E-state index is 12.8. The molecule has 1 atom stereocenters. The van der Waals surface area contributed by atoms with E-state index < -0.39 is 6.10 Å². The summed E-state index contributed by atoms with van der Waals surface area (Å²) >= 11 is 0. The van der Waals surface area contributed by atoms with Gasteiger partial charge in [0, 0.05) is 19.3 Å². The molecule has 1 unspecified atom stereocenters. The Morgan fingerprint density at radius 3 is 1.04 bits per heavy atom. The molecule has 0 radical (unpaired) electrons. The molecular formula is C61H106O6. The van der Waals surface area contributed by atoms with Gasteiger partial charge in [-0.15, -0.1) is 0 Å². The minimum absolute atomic E-state index is 0.0886. The minimum Gasteiger partial charge on any atom is -0.462 e. The summed E-state index contributed by atoms with van der Waals surface area (Å²) < 4.78 is 16.8. The predicted molar refractivity (Wildman–Crippen MR) is 288 cm³/mol. The Hall–Kier alpha value is -3.15. The van der Waals surface area contributed by atoms with Crippen molar-refractivity contribution in [3.63, 3.8) is 0 Å². The minimum atomic E-state index is -0.791. The Balaban J connectivity index is 4.42. The summed E-state index contributed by atoms with van der Waals surface area (Å²) in [6.07, 6.45) is 70.3. The number of rotatable bonds is 51. The van der Waals surface area contributed by atoms with Crippen LogP contribution in [0.3, 0.4) is 0 Å². The summed E-state index contributed by atoms with van der Waals surface area (Å²) in [5, 5.41) is 0. The van der Waals surface area contributed by atoms with Crippen LogP contribution in [0.1, 0.15) is 278 Å². The zero-order chi connectivity index (χ0) is 48.6. The molecule has 0 heterocycles. The Kier molecular flexibility index (Phi) is 52.8. The molecule has 0 saturated heterocycles. The van der Waals surface area contributed by atoms with Gasteiger partial charge in [0.15, 0.2) is 6.10 Å². The third-order valence-corrected chi connectivity index (χ3v) is 12.2. The van der Waals surface area contributed by atoms with E-state index in [-0.39, 0.29) is 31.1 Å². The summed E-state index contributed by atoms with van der Waals surface area (Å²) in [6.45, 7) is 6.49. The lowest BCUT2D eigenvalue weighted by molar-refractivity contribution is -0.167. The van der Waals surface area contributed by atoms with E-state index in [1.54, 1.807) is 0 Å². The van der Waals surface area contributed by atoms with Crippen molar-refractivity contribution in [1.82, 2.24) is 0 Å². The summed E-state index contributed by atoms with van der Waals surface area (Å²) in [7, 11) is 0. The molecule has 0 rings (SSSR count). The second-order valence-electron chi connectivity index (χ2n) is 18.8. The molecule has 0 aromatic rings. The van der Waals surface area contributed by atoms with Gasteiger partial charge in [-0.3, -0.25) is 14.4 Å². The van der Waals surface area contributed by atoms with Crippen LogP contribution in [0.2, 0.25) is 0 Å². The van der Waals surface area contributed by atoms with Crippen LogP contribution in [0.4, 0.5) is 0 Å². The van der Waals surface area contributed by atoms with Crippen molar-refractivity contribution in [3.05, 3.63) is 72.9 Å². The SMILES string of the molecule is CC/C=C\C/C=C\C/C=C\CCCCCCCCC(=O)OC(COC(=O)CCCCCCC/C=C\CCCCCCCCCCC)COC(=O)CCCCCCCC/C=C\C=C/CCCCC. The number of unbranched alkanes of at least 4 members (excludes halogenated alkanes) is 29. The quantitative estimate of drug-likeness (QED) is 0.0199. The number of carbonyl (C=O) groups is 3. The second kappa shape index (κ2) is 55.4. The summed E-state index contributed by atoms with van der Waals surface area (Å²) in [4.78, 5) is 38.1. The molecule has 0 saturated carbocycles. The molecule has 0 bridgehead atoms. The van der Waals surface area contributed by atoms with E-state index in [0.717, 1.165) is 103 Å². The first-order valence-corrected chi connectivity index (χ1v) is 28.5. The zero-order valence-corrected chi connectivity index (χ0v) is 44.2.